The summed E-state index contributed by atoms with van der Waals surface area (Å²) in [4.78, 5) is 0. The van der Waals surface area contributed by atoms with Gasteiger partial charge in [-0.05, 0) is 83.6 Å². The molecule has 0 aliphatic heterocycles. The largest absolute Gasteiger partial charge is 0.490 e. The number of ether oxygens (including phenoxy) is 4. The summed E-state index contributed by atoms with van der Waals surface area (Å²) in [6.45, 7) is 11.7. The van der Waals surface area contributed by atoms with Gasteiger partial charge in [-0.1, -0.05) is 177 Å². The number of rotatable bonds is 24. The standard InChI is InChI=1S/C54H66O4/c1-5-9-13-21-37-55-51-35-31-43(41-53(51)57-39-23-15-11-7-3)29-33-49-45-25-17-19-27-47(45)50(48-28-20-18-26-46(48)49)34-30-44-32-36-52(56-38-22-14-10-6-2)54(42-44)58-40-24-16-12-8-4/h17-20,25-28,31-32,35-36,41-42H,5-16,21-24,37-40H2,1-4H3. The van der Waals surface area contributed by atoms with Crippen molar-refractivity contribution in [1.29, 1.82) is 0 Å². The second kappa shape index (κ2) is 25.3. The summed E-state index contributed by atoms with van der Waals surface area (Å²) in [6, 6.07) is 29.2. The fourth-order valence-electron chi connectivity index (χ4n) is 7.15. The summed E-state index contributed by atoms with van der Waals surface area (Å²) in [5.41, 5.74) is 3.79. The van der Waals surface area contributed by atoms with E-state index in [2.05, 4.69) is 112 Å². The van der Waals surface area contributed by atoms with Crippen molar-refractivity contribution in [2.45, 2.75) is 130 Å². The van der Waals surface area contributed by atoms with Crippen LogP contribution >= 0.6 is 0 Å². The lowest BCUT2D eigenvalue weighted by molar-refractivity contribution is 0.259. The Hall–Kier alpha value is -5.06. The maximum absolute atomic E-state index is 6.33. The minimum absolute atomic E-state index is 0.672. The minimum atomic E-state index is 0.672. The zero-order chi connectivity index (χ0) is 40.6. The average Bonchev–Trinajstić information content (AvgIpc) is 3.25. The number of unbranched alkanes of at least 4 members (excludes halogenated alkanes) is 12. The van der Waals surface area contributed by atoms with Gasteiger partial charge < -0.3 is 18.9 Å². The van der Waals surface area contributed by atoms with Gasteiger partial charge in [0.25, 0.3) is 0 Å². The summed E-state index contributed by atoms with van der Waals surface area (Å²) in [5, 5.41) is 4.33. The second-order valence-electron chi connectivity index (χ2n) is 15.3. The van der Waals surface area contributed by atoms with Crippen LogP contribution < -0.4 is 18.9 Å². The average molecular weight is 779 g/mol. The van der Waals surface area contributed by atoms with Crippen molar-refractivity contribution in [3.63, 3.8) is 0 Å². The molecule has 0 aliphatic rings. The topological polar surface area (TPSA) is 36.9 Å². The Labute approximate surface area is 350 Å². The molecule has 0 amide bonds. The molecule has 4 heteroatoms. The van der Waals surface area contributed by atoms with Crippen LogP contribution in [0.4, 0.5) is 0 Å². The van der Waals surface area contributed by atoms with Crippen molar-refractivity contribution in [2.24, 2.45) is 0 Å². The molecule has 306 valence electrons. The Morgan fingerprint density at radius 3 is 0.948 bits per heavy atom. The van der Waals surface area contributed by atoms with E-state index >= 15 is 0 Å². The minimum Gasteiger partial charge on any atom is -0.490 e. The first-order valence-corrected chi connectivity index (χ1v) is 22.4. The Kier molecular flexibility index (Phi) is 19.2. The predicted molar refractivity (Wildman–Crippen MR) is 245 cm³/mol. The van der Waals surface area contributed by atoms with E-state index in [0.717, 1.165) is 92.5 Å². The second-order valence-corrected chi connectivity index (χ2v) is 15.3. The summed E-state index contributed by atoms with van der Waals surface area (Å²) in [5.74, 6) is 17.3. The molecule has 0 N–H and O–H groups in total. The summed E-state index contributed by atoms with van der Waals surface area (Å²) >= 11 is 0. The number of benzene rings is 5. The summed E-state index contributed by atoms with van der Waals surface area (Å²) in [6.07, 6.45) is 18.5. The lowest BCUT2D eigenvalue weighted by Gasteiger charge is -2.14. The van der Waals surface area contributed by atoms with E-state index in [1.54, 1.807) is 0 Å². The predicted octanol–water partition coefficient (Wildman–Crippen LogP) is 14.6. The molecule has 5 aromatic carbocycles. The molecule has 0 saturated heterocycles. The van der Waals surface area contributed by atoms with E-state index in [0.29, 0.717) is 26.4 Å². The van der Waals surface area contributed by atoms with Crippen LogP contribution in [0.2, 0.25) is 0 Å². The molecule has 0 atom stereocenters. The van der Waals surface area contributed by atoms with Crippen LogP contribution in [0.25, 0.3) is 21.5 Å². The molecule has 0 aromatic heterocycles. The Morgan fingerprint density at radius 2 is 0.638 bits per heavy atom. The van der Waals surface area contributed by atoms with E-state index in [-0.39, 0.29) is 0 Å². The maximum Gasteiger partial charge on any atom is 0.162 e. The van der Waals surface area contributed by atoms with Gasteiger partial charge in [-0.25, -0.2) is 0 Å². The van der Waals surface area contributed by atoms with Crippen LogP contribution in [0, 0.1) is 23.7 Å². The third-order valence-corrected chi connectivity index (χ3v) is 10.5. The van der Waals surface area contributed by atoms with Gasteiger partial charge in [0.05, 0.1) is 26.4 Å². The van der Waals surface area contributed by atoms with E-state index < -0.39 is 0 Å². The SMILES string of the molecule is CCCCCCOc1ccc(C#Cc2c3ccccc3c(C#Cc3ccc(OCCCCCC)c(OCCCCCC)c3)c3ccccc23)cc1OCCCCCC. The fraction of sp³-hybridized carbons (Fsp3) is 0.444. The third kappa shape index (κ3) is 13.5. The van der Waals surface area contributed by atoms with Gasteiger partial charge in [0.1, 0.15) is 0 Å². The Bertz CT molecular complexity index is 1920. The highest BCUT2D eigenvalue weighted by molar-refractivity contribution is 6.09. The first-order chi connectivity index (χ1) is 28.7. The van der Waals surface area contributed by atoms with Crippen molar-refractivity contribution in [3.05, 3.63) is 107 Å². The van der Waals surface area contributed by atoms with Crippen molar-refractivity contribution >= 4 is 21.5 Å². The van der Waals surface area contributed by atoms with Gasteiger partial charge in [0, 0.05) is 22.3 Å². The zero-order valence-corrected chi connectivity index (χ0v) is 35.9. The highest BCUT2D eigenvalue weighted by Crippen LogP contribution is 2.34. The maximum atomic E-state index is 6.33. The van der Waals surface area contributed by atoms with Crippen LogP contribution in [0.1, 0.15) is 153 Å². The van der Waals surface area contributed by atoms with Gasteiger partial charge in [-0.3, -0.25) is 0 Å². The van der Waals surface area contributed by atoms with Crippen LogP contribution in [-0.2, 0) is 0 Å². The van der Waals surface area contributed by atoms with Crippen molar-refractivity contribution in [3.8, 4) is 46.7 Å². The van der Waals surface area contributed by atoms with Crippen molar-refractivity contribution < 1.29 is 18.9 Å². The molecule has 0 heterocycles. The smallest absolute Gasteiger partial charge is 0.162 e. The third-order valence-electron chi connectivity index (χ3n) is 10.5. The lowest BCUT2D eigenvalue weighted by atomic mass is 9.92. The zero-order valence-electron chi connectivity index (χ0n) is 35.9. The number of hydrogen-bond donors (Lipinski definition) is 0. The van der Waals surface area contributed by atoms with Crippen molar-refractivity contribution in [2.75, 3.05) is 26.4 Å². The highest BCUT2D eigenvalue weighted by atomic mass is 16.5. The molecule has 4 nitrogen and oxygen atoms in total. The molecular weight excluding hydrogens is 713 g/mol. The molecule has 0 unspecified atom stereocenters. The van der Waals surface area contributed by atoms with E-state index in [1.807, 2.05) is 24.3 Å². The molecule has 5 aromatic rings. The molecule has 0 saturated carbocycles. The van der Waals surface area contributed by atoms with Gasteiger partial charge >= 0.3 is 0 Å². The van der Waals surface area contributed by atoms with Crippen molar-refractivity contribution in [1.82, 2.24) is 0 Å². The lowest BCUT2D eigenvalue weighted by Crippen LogP contribution is -2.03. The molecule has 0 bridgehead atoms. The van der Waals surface area contributed by atoms with Gasteiger partial charge in [0.15, 0.2) is 23.0 Å². The molecular formula is C54H66O4. The Morgan fingerprint density at radius 1 is 0.328 bits per heavy atom. The first-order valence-electron chi connectivity index (χ1n) is 22.4. The molecule has 58 heavy (non-hydrogen) atoms. The van der Waals surface area contributed by atoms with Crippen LogP contribution in [0.5, 0.6) is 23.0 Å². The van der Waals surface area contributed by atoms with Crippen LogP contribution in [0.15, 0.2) is 84.9 Å². The molecule has 5 rings (SSSR count). The Balaban J connectivity index is 1.46. The molecule has 0 spiro atoms. The van der Waals surface area contributed by atoms with E-state index in [4.69, 9.17) is 18.9 Å². The number of hydrogen-bond acceptors (Lipinski definition) is 4. The molecule has 0 radical (unpaired) electrons. The normalized spacial score (nSPS) is 10.8. The van der Waals surface area contributed by atoms with Gasteiger partial charge in [-0.2, -0.15) is 0 Å². The van der Waals surface area contributed by atoms with Crippen LogP contribution in [0.3, 0.4) is 0 Å². The van der Waals surface area contributed by atoms with Crippen LogP contribution in [-0.4, -0.2) is 26.4 Å². The highest BCUT2D eigenvalue weighted by Gasteiger charge is 2.13. The summed E-state index contributed by atoms with van der Waals surface area (Å²) < 4.78 is 25.1. The first kappa shape index (κ1) is 44.1. The quantitative estimate of drug-likeness (QED) is 0.0355. The fourth-order valence-corrected chi connectivity index (χ4v) is 7.15. The molecule has 0 aliphatic carbocycles. The van der Waals surface area contributed by atoms with E-state index in [1.165, 1.54) is 77.0 Å². The van der Waals surface area contributed by atoms with Gasteiger partial charge in [0.2, 0.25) is 0 Å². The number of fused-ring (bicyclic) bond motifs is 2. The van der Waals surface area contributed by atoms with E-state index in [9.17, 15) is 0 Å². The monoisotopic (exact) mass is 778 g/mol. The van der Waals surface area contributed by atoms with Gasteiger partial charge in [-0.15, -0.1) is 0 Å². The summed E-state index contributed by atoms with van der Waals surface area (Å²) in [7, 11) is 0. The molecule has 0 fully saturated rings.